The lowest BCUT2D eigenvalue weighted by Gasteiger charge is -2.22. The number of nitrogens with one attached hydrogen (secondary N) is 1. The molecule has 0 radical (unpaired) electrons. The van der Waals surface area contributed by atoms with Gasteiger partial charge in [-0.15, -0.1) is 24.0 Å². The predicted molar refractivity (Wildman–Crippen MR) is 134 cm³/mol. The number of benzene rings is 1. The fourth-order valence-corrected chi connectivity index (χ4v) is 3.67. The second-order valence-corrected chi connectivity index (χ2v) is 7.58. The van der Waals surface area contributed by atoms with Crippen molar-refractivity contribution >= 4 is 41.5 Å². The maximum atomic E-state index is 6.09. The minimum Gasteiger partial charge on any atom is -0.351 e. The monoisotopic (exact) mass is 540 g/mol. The molecule has 0 saturated heterocycles. The molecule has 0 bridgehead atoms. The molecule has 30 heavy (non-hydrogen) atoms. The van der Waals surface area contributed by atoms with Crippen molar-refractivity contribution in [3.63, 3.8) is 0 Å². The van der Waals surface area contributed by atoms with Gasteiger partial charge < -0.3 is 19.4 Å². The average Bonchev–Trinajstić information content (AvgIpc) is 3.28. The highest BCUT2D eigenvalue weighted by atomic mass is 127. The van der Waals surface area contributed by atoms with Crippen molar-refractivity contribution in [3.05, 3.63) is 77.1 Å². The smallest absolute Gasteiger partial charge is 0.194 e. The number of nitrogens with zero attached hydrogens (tertiary/aromatic N) is 5. The van der Waals surface area contributed by atoms with Crippen LogP contribution in [-0.4, -0.2) is 39.1 Å². The number of halogens is 2. The number of rotatable bonds is 8. The number of aliphatic imine (C=N–C) groups is 1. The van der Waals surface area contributed by atoms with Crippen molar-refractivity contribution in [2.24, 2.45) is 12.0 Å². The molecule has 3 aromatic rings. The first-order valence-corrected chi connectivity index (χ1v) is 10.2. The molecular weight excluding hydrogens is 511 g/mol. The number of hydrogen-bond acceptors (Lipinski definition) is 2. The summed E-state index contributed by atoms with van der Waals surface area (Å²) in [6.45, 7) is 2.29. The molecule has 2 aromatic heterocycles. The molecular formula is C22H30ClIN6. The van der Waals surface area contributed by atoms with Gasteiger partial charge in [-0.1, -0.05) is 41.9 Å². The van der Waals surface area contributed by atoms with Crippen molar-refractivity contribution in [2.45, 2.75) is 32.5 Å². The molecule has 0 saturated carbocycles. The molecule has 0 fully saturated rings. The number of aromatic nitrogens is 3. The third-order valence-corrected chi connectivity index (χ3v) is 5.17. The van der Waals surface area contributed by atoms with Crippen molar-refractivity contribution in [1.29, 1.82) is 0 Å². The van der Waals surface area contributed by atoms with Gasteiger partial charge in [-0.2, -0.15) is 0 Å². The number of aryl methyl sites for hydroxylation is 3. The molecule has 6 nitrogen and oxygen atoms in total. The number of imidazole rings is 1. The lowest BCUT2D eigenvalue weighted by atomic mass is 10.1. The highest BCUT2D eigenvalue weighted by molar-refractivity contribution is 14.0. The third-order valence-electron chi connectivity index (χ3n) is 4.96. The Bertz CT molecular complexity index is 934. The Morgan fingerprint density at radius 3 is 2.70 bits per heavy atom. The zero-order chi connectivity index (χ0) is 20.6. The Kier molecular flexibility index (Phi) is 9.71. The Balaban J connectivity index is 0.00000320. The first kappa shape index (κ1) is 24.3. The molecule has 8 heteroatoms. The van der Waals surface area contributed by atoms with E-state index < -0.39 is 0 Å². The molecule has 0 atom stereocenters. The van der Waals surface area contributed by atoms with Crippen LogP contribution >= 0.6 is 35.6 Å². The van der Waals surface area contributed by atoms with Crippen LogP contribution in [0.3, 0.4) is 0 Å². The molecule has 0 aliphatic carbocycles. The van der Waals surface area contributed by atoms with E-state index in [0.717, 1.165) is 41.9 Å². The van der Waals surface area contributed by atoms with Crippen LogP contribution in [0.2, 0.25) is 5.02 Å². The Labute approximate surface area is 201 Å². The normalized spacial score (nSPS) is 11.3. The van der Waals surface area contributed by atoms with E-state index in [1.165, 1.54) is 5.56 Å². The number of guanidine groups is 1. The highest BCUT2D eigenvalue weighted by Crippen LogP contribution is 2.14. The van der Waals surface area contributed by atoms with Crippen LogP contribution in [0.1, 0.15) is 23.5 Å². The van der Waals surface area contributed by atoms with Gasteiger partial charge in [0.15, 0.2) is 5.96 Å². The summed E-state index contributed by atoms with van der Waals surface area (Å²) >= 11 is 6.09. The molecule has 1 aromatic carbocycles. The molecule has 0 unspecified atom stereocenters. The summed E-state index contributed by atoms with van der Waals surface area (Å²) in [5.74, 6) is 1.83. The molecule has 0 aliphatic heterocycles. The van der Waals surface area contributed by atoms with Crippen LogP contribution in [0.5, 0.6) is 0 Å². The van der Waals surface area contributed by atoms with Crippen LogP contribution in [0, 0.1) is 0 Å². The van der Waals surface area contributed by atoms with Crippen molar-refractivity contribution in [2.75, 3.05) is 14.1 Å². The second kappa shape index (κ2) is 12.0. The standard InChI is InChI=1S/C22H29ClN6.HI/c1-24-22(28(3)17-20-14-19(23)16-27(20)2)26-15-21-25-11-13-29(21)12-7-10-18-8-5-4-6-9-18;/h4-6,8-9,11,13-14,16H,7,10,12,15,17H2,1-3H3,(H,24,26);1H. The van der Waals surface area contributed by atoms with Gasteiger partial charge in [-0.25, -0.2) is 4.98 Å². The van der Waals surface area contributed by atoms with Crippen molar-refractivity contribution in [1.82, 2.24) is 24.3 Å². The van der Waals surface area contributed by atoms with Crippen molar-refractivity contribution in [3.8, 4) is 0 Å². The summed E-state index contributed by atoms with van der Waals surface area (Å²) in [4.78, 5) is 11.0. The Hall–Kier alpha value is -2.00. The van der Waals surface area contributed by atoms with Gasteiger partial charge in [0, 0.05) is 52.0 Å². The van der Waals surface area contributed by atoms with E-state index in [1.54, 1.807) is 7.05 Å². The van der Waals surface area contributed by atoms with E-state index >= 15 is 0 Å². The van der Waals surface area contributed by atoms with Crippen molar-refractivity contribution < 1.29 is 0 Å². The zero-order valence-corrected chi connectivity index (χ0v) is 20.8. The first-order chi connectivity index (χ1) is 14.1. The van der Waals surface area contributed by atoms with Gasteiger partial charge in [0.05, 0.1) is 18.1 Å². The van der Waals surface area contributed by atoms with Gasteiger partial charge in [-0.3, -0.25) is 4.99 Å². The Morgan fingerprint density at radius 1 is 1.27 bits per heavy atom. The fraction of sp³-hybridized carbons (Fsp3) is 0.364. The van der Waals surface area contributed by atoms with Crippen LogP contribution in [-0.2, 0) is 33.1 Å². The van der Waals surface area contributed by atoms with E-state index in [4.69, 9.17) is 11.6 Å². The van der Waals surface area contributed by atoms with Crippen LogP contribution in [0.4, 0.5) is 0 Å². The molecule has 3 rings (SSSR count). The highest BCUT2D eigenvalue weighted by Gasteiger charge is 2.11. The number of hydrogen-bond donors (Lipinski definition) is 1. The first-order valence-electron chi connectivity index (χ1n) is 9.83. The van der Waals surface area contributed by atoms with Gasteiger partial charge in [0.1, 0.15) is 5.82 Å². The van der Waals surface area contributed by atoms with Gasteiger partial charge in [-0.05, 0) is 24.5 Å². The minimum atomic E-state index is 0. The Morgan fingerprint density at radius 2 is 2.03 bits per heavy atom. The maximum absolute atomic E-state index is 6.09. The van der Waals surface area contributed by atoms with Gasteiger partial charge in [0.25, 0.3) is 0 Å². The predicted octanol–water partition coefficient (Wildman–Crippen LogP) is 4.33. The maximum Gasteiger partial charge on any atom is 0.194 e. The summed E-state index contributed by atoms with van der Waals surface area (Å²) in [6.07, 6.45) is 7.96. The lowest BCUT2D eigenvalue weighted by molar-refractivity contribution is 0.459. The minimum absolute atomic E-state index is 0. The molecule has 0 spiro atoms. The van der Waals surface area contributed by atoms with Gasteiger partial charge >= 0.3 is 0 Å². The van der Waals surface area contributed by atoms with E-state index in [2.05, 4.69) is 55.1 Å². The summed E-state index contributed by atoms with van der Waals surface area (Å²) in [6, 6.07) is 12.6. The molecule has 0 aliphatic rings. The average molecular weight is 541 g/mol. The van der Waals surface area contributed by atoms with Crippen LogP contribution < -0.4 is 5.32 Å². The summed E-state index contributed by atoms with van der Waals surface area (Å²) in [5.41, 5.74) is 2.50. The molecule has 1 N–H and O–H groups in total. The summed E-state index contributed by atoms with van der Waals surface area (Å²) in [5, 5.41) is 4.16. The fourth-order valence-electron chi connectivity index (χ4n) is 3.39. The van der Waals surface area contributed by atoms with E-state index in [-0.39, 0.29) is 24.0 Å². The quantitative estimate of drug-likeness (QED) is 0.263. The van der Waals surface area contributed by atoms with E-state index in [1.807, 2.05) is 43.3 Å². The zero-order valence-electron chi connectivity index (χ0n) is 17.8. The lowest BCUT2D eigenvalue weighted by Crippen LogP contribution is -2.38. The SMILES string of the molecule is CN=C(NCc1nccn1CCCc1ccccc1)N(C)Cc1cc(Cl)cn1C.I. The van der Waals surface area contributed by atoms with Gasteiger partial charge in [0.2, 0.25) is 0 Å². The van der Waals surface area contributed by atoms with Crippen LogP contribution in [0.15, 0.2) is 60.0 Å². The largest absolute Gasteiger partial charge is 0.351 e. The molecule has 2 heterocycles. The topological polar surface area (TPSA) is 50.4 Å². The van der Waals surface area contributed by atoms with E-state index in [0.29, 0.717) is 13.1 Å². The second-order valence-electron chi connectivity index (χ2n) is 7.14. The van der Waals surface area contributed by atoms with E-state index in [9.17, 15) is 0 Å². The third kappa shape index (κ3) is 6.77. The van der Waals surface area contributed by atoms with Crippen LogP contribution in [0.25, 0.3) is 0 Å². The summed E-state index contributed by atoms with van der Waals surface area (Å²) in [7, 11) is 5.81. The molecule has 162 valence electrons. The molecule has 0 amide bonds. The summed E-state index contributed by atoms with van der Waals surface area (Å²) < 4.78 is 4.24.